The van der Waals surface area contributed by atoms with E-state index < -0.39 is 11.7 Å². The lowest BCUT2D eigenvalue weighted by Gasteiger charge is -2.34. The van der Waals surface area contributed by atoms with E-state index in [9.17, 15) is 9.18 Å². The lowest BCUT2D eigenvalue weighted by Crippen LogP contribution is -2.54. The Hall–Kier alpha value is -1.21. The summed E-state index contributed by atoms with van der Waals surface area (Å²) in [6.07, 6.45) is 0. The van der Waals surface area contributed by atoms with Gasteiger partial charge in [0.1, 0.15) is 5.82 Å². The molecule has 3 rings (SSSR count). The normalized spacial score (nSPS) is 26.1. The summed E-state index contributed by atoms with van der Waals surface area (Å²) in [6.45, 7) is 3.97. The van der Waals surface area contributed by atoms with Gasteiger partial charge in [-0.15, -0.1) is 0 Å². The molecule has 2 aliphatic rings. The number of amides is 1. The van der Waals surface area contributed by atoms with Crippen molar-refractivity contribution in [2.75, 3.05) is 39.5 Å². The van der Waals surface area contributed by atoms with Crippen molar-refractivity contribution in [3.8, 4) is 0 Å². The maximum atomic E-state index is 13.8. The molecule has 1 aromatic rings. The summed E-state index contributed by atoms with van der Waals surface area (Å²) in [5, 5.41) is 3.20. The summed E-state index contributed by atoms with van der Waals surface area (Å²) in [7, 11) is 0. The Labute approximate surface area is 133 Å². The van der Waals surface area contributed by atoms with Crippen LogP contribution in [-0.2, 0) is 9.47 Å². The van der Waals surface area contributed by atoms with Crippen LogP contribution in [-0.4, -0.2) is 62.4 Å². The minimum Gasteiger partial charge on any atom is -0.379 e. The van der Waals surface area contributed by atoms with Gasteiger partial charge in [0, 0.05) is 18.1 Å². The van der Waals surface area contributed by atoms with Gasteiger partial charge in [-0.2, -0.15) is 0 Å². The third-order valence-corrected chi connectivity index (χ3v) is 4.29. The highest BCUT2D eigenvalue weighted by atomic mass is 35.5. The van der Waals surface area contributed by atoms with Gasteiger partial charge in [0.25, 0.3) is 5.91 Å². The van der Waals surface area contributed by atoms with Crippen LogP contribution in [0, 0.1) is 5.82 Å². The van der Waals surface area contributed by atoms with E-state index in [1.54, 1.807) is 0 Å². The van der Waals surface area contributed by atoms with E-state index >= 15 is 0 Å². The third-order valence-electron chi connectivity index (χ3n) is 4.05. The van der Waals surface area contributed by atoms with Gasteiger partial charge in [-0.25, -0.2) is 4.39 Å². The first-order chi connectivity index (χ1) is 10.6. The summed E-state index contributed by atoms with van der Waals surface area (Å²) in [5.41, 5.74) is -0.0415. The Kier molecular flexibility index (Phi) is 4.93. The van der Waals surface area contributed by atoms with Crippen molar-refractivity contribution < 1.29 is 18.7 Å². The fourth-order valence-electron chi connectivity index (χ4n) is 2.87. The first kappa shape index (κ1) is 15.7. The van der Waals surface area contributed by atoms with E-state index in [1.807, 2.05) is 0 Å². The second-order valence-electron chi connectivity index (χ2n) is 5.46. The van der Waals surface area contributed by atoms with E-state index in [-0.39, 0.29) is 17.6 Å². The molecule has 2 atom stereocenters. The summed E-state index contributed by atoms with van der Waals surface area (Å²) >= 11 is 5.83. The number of nitrogens with zero attached hydrogens (tertiary/aromatic N) is 1. The standard InChI is InChI=1S/C15H18ClFN2O3/c16-10-1-2-12(17)11(7-10)15(20)18-13-8-22-9-14(13)19-3-5-21-6-4-19/h1-2,7,13-14H,3-6,8-9H2,(H,18,20)/t13-,14-/m1/s1. The highest BCUT2D eigenvalue weighted by Crippen LogP contribution is 2.18. The Morgan fingerprint density at radius 2 is 2.05 bits per heavy atom. The molecular formula is C15H18ClFN2O3. The number of nitrogens with one attached hydrogen (secondary N) is 1. The molecule has 0 spiro atoms. The van der Waals surface area contributed by atoms with Crippen molar-refractivity contribution in [1.82, 2.24) is 10.2 Å². The van der Waals surface area contributed by atoms with Gasteiger partial charge >= 0.3 is 0 Å². The fraction of sp³-hybridized carbons (Fsp3) is 0.533. The molecule has 0 aromatic heterocycles. The molecular weight excluding hydrogens is 311 g/mol. The number of ether oxygens (including phenoxy) is 2. The predicted octanol–water partition coefficient (Wildman–Crippen LogP) is 1.31. The van der Waals surface area contributed by atoms with Crippen LogP contribution >= 0.6 is 11.6 Å². The van der Waals surface area contributed by atoms with Crippen molar-refractivity contribution in [2.24, 2.45) is 0 Å². The summed E-state index contributed by atoms with van der Waals surface area (Å²) in [4.78, 5) is 14.5. The van der Waals surface area contributed by atoms with Crippen LogP contribution in [0.3, 0.4) is 0 Å². The van der Waals surface area contributed by atoms with Gasteiger partial charge in [-0.05, 0) is 18.2 Å². The van der Waals surface area contributed by atoms with Gasteiger partial charge in [-0.1, -0.05) is 11.6 Å². The molecule has 7 heteroatoms. The van der Waals surface area contributed by atoms with Crippen molar-refractivity contribution in [2.45, 2.75) is 12.1 Å². The van der Waals surface area contributed by atoms with Gasteiger partial charge in [-0.3, -0.25) is 9.69 Å². The number of carbonyl (C=O) groups excluding carboxylic acids is 1. The minimum absolute atomic E-state index is 0.0415. The molecule has 2 aliphatic heterocycles. The van der Waals surface area contributed by atoms with Crippen LogP contribution < -0.4 is 5.32 Å². The average Bonchev–Trinajstić information content (AvgIpc) is 2.98. The van der Waals surface area contributed by atoms with Gasteiger partial charge in [0.15, 0.2) is 0 Å². The molecule has 0 saturated carbocycles. The molecule has 1 N–H and O–H groups in total. The lowest BCUT2D eigenvalue weighted by atomic mass is 10.1. The average molecular weight is 329 g/mol. The molecule has 0 aliphatic carbocycles. The minimum atomic E-state index is -0.580. The lowest BCUT2D eigenvalue weighted by molar-refractivity contribution is 0.0108. The smallest absolute Gasteiger partial charge is 0.254 e. The first-order valence-corrected chi connectivity index (χ1v) is 7.68. The predicted molar refractivity (Wildman–Crippen MR) is 79.7 cm³/mol. The number of halogens is 2. The van der Waals surface area contributed by atoms with Crippen molar-refractivity contribution >= 4 is 17.5 Å². The van der Waals surface area contributed by atoms with Crippen molar-refractivity contribution in [3.05, 3.63) is 34.6 Å². The highest BCUT2D eigenvalue weighted by molar-refractivity contribution is 6.31. The van der Waals surface area contributed by atoms with Gasteiger partial charge < -0.3 is 14.8 Å². The number of hydrogen-bond acceptors (Lipinski definition) is 4. The second kappa shape index (κ2) is 6.91. The number of rotatable bonds is 3. The number of carbonyl (C=O) groups is 1. The second-order valence-corrected chi connectivity index (χ2v) is 5.89. The third kappa shape index (κ3) is 3.41. The van der Waals surface area contributed by atoms with Crippen LogP contribution in [0.5, 0.6) is 0 Å². The molecule has 1 amide bonds. The van der Waals surface area contributed by atoms with E-state index in [0.29, 0.717) is 31.5 Å². The Bertz CT molecular complexity index is 552. The molecule has 5 nitrogen and oxygen atoms in total. The molecule has 2 heterocycles. The number of hydrogen-bond donors (Lipinski definition) is 1. The highest BCUT2D eigenvalue weighted by Gasteiger charge is 2.35. The Balaban J connectivity index is 1.68. The van der Waals surface area contributed by atoms with Gasteiger partial charge in [0.2, 0.25) is 0 Å². The van der Waals surface area contributed by atoms with Gasteiger partial charge in [0.05, 0.1) is 44.1 Å². The molecule has 2 fully saturated rings. The van der Waals surface area contributed by atoms with Crippen LogP contribution in [0.4, 0.5) is 4.39 Å². The Morgan fingerprint density at radius 1 is 1.27 bits per heavy atom. The summed E-state index contributed by atoms with van der Waals surface area (Å²) in [5.74, 6) is -1.04. The van der Waals surface area contributed by atoms with Crippen LogP contribution in [0.2, 0.25) is 5.02 Å². The quantitative estimate of drug-likeness (QED) is 0.909. The van der Waals surface area contributed by atoms with Crippen molar-refractivity contribution in [3.63, 3.8) is 0 Å². The zero-order chi connectivity index (χ0) is 15.5. The summed E-state index contributed by atoms with van der Waals surface area (Å²) < 4.78 is 24.6. The maximum Gasteiger partial charge on any atom is 0.254 e. The zero-order valence-corrected chi connectivity index (χ0v) is 12.8. The zero-order valence-electron chi connectivity index (χ0n) is 12.1. The first-order valence-electron chi connectivity index (χ1n) is 7.30. The van der Waals surface area contributed by atoms with Crippen molar-refractivity contribution in [1.29, 1.82) is 0 Å². The molecule has 0 bridgehead atoms. The monoisotopic (exact) mass is 328 g/mol. The molecule has 120 valence electrons. The fourth-order valence-corrected chi connectivity index (χ4v) is 3.04. The van der Waals surface area contributed by atoms with Crippen LogP contribution in [0.1, 0.15) is 10.4 Å². The van der Waals surface area contributed by atoms with E-state index in [2.05, 4.69) is 10.2 Å². The van der Waals surface area contributed by atoms with E-state index in [1.165, 1.54) is 18.2 Å². The summed E-state index contributed by atoms with van der Waals surface area (Å²) in [6, 6.07) is 3.88. The largest absolute Gasteiger partial charge is 0.379 e. The van der Waals surface area contributed by atoms with Crippen LogP contribution in [0.15, 0.2) is 18.2 Å². The molecule has 0 unspecified atom stereocenters. The van der Waals surface area contributed by atoms with E-state index in [0.717, 1.165) is 13.1 Å². The van der Waals surface area contributed by atoms with Crippen LogP contribution in [0.25, 0.3) is 0 Å². The number of morpholine rings is 1. The molecule has 2 saturated heterocycles. The molecule has 1 aromatic carbocycles. The molecule has 0 radical (unpaired) electrons. The topological polar surface area (TPSA) is 50.8 Å². The maximum absolute atomic E-state index is 13.8. The van der Waals surface area contributed by atoms with E-state index in [4.69, 9.17) is 21.1 Å². The molecule has 22 heavy (non-hydrogen) atoms. The SMILES string of the molecule is O=C(N[C@@H]1COC[C@H]1N1CCOCC1)c1cc(Cl)ccc1F. The Morgan fingerprint density at radius 3 is 2.82 bits per heavy atom. The number of benzene rings is 1.